The summed E-state index contributed by atoms with van der Waals surface area (Å²) in [5, 5.41) is 17.6. The number of allylic oxidation sites excluding steroid dienone is 2. The summed E-state index contributed by atoms with van der Waals surface area (Å²) < 4.78 is 35.1. The van der Waals surface area contributed by atoms with Crippen molar-refractivity contribution in [3.05, 3.63) is 24.0 Å². The second-order valence-corrected chi connectivity index (χ2v) is 4.32. The molecule has 0 saturated carbocycles. The smallest absolute Gasteiger partial charge is 0.408 e. The van der Waals surface area contributed by atoms with Gasteiger partial charge in [-0.3, -0.25) is 4.79 Å². The second kappa shape index (κ2) is 3.55. The molecular formula is C8H6BrF3O3. The number of carbonyl (C=O) groups is 1. The number of hydrogen-bond acceptors (Lipinski definition) is 2. The molecule has 0 saturated heterocycles. The average molecular weight is 287 g/mol. The maximum Gasteiger partial charge on any atom is 0.408 e. The van der Waals surface area contributed by atoms with Crippen LogP contribution in [0.5, 0.6) is 0 Å². The van der Waals surface area contributed by atoms with Crippen LogP contribution in [-0.2, 0) is 4.79 Å². The van der Waals surface area contributed by atoms with E-state index in [2.05, 4.69) is 15.9 Å². The van der Waals surface area contributed by atoms with Crippen molar-refractivity contribution in [3.8, 4) is 0 Å². The van der Waals surface area contributed by atoms with Gasteiger partial charge in [0, 0.05) is 0 Å². The van der Waals surface area contributed by atoms with E-state index in [0.29, 0.717) is 6.08 Å². The maximum atomic E-state index is 12.6. The zero-order valence-corrected chi connectivity index (χ0v) is 8.71. The molecule has 2 N–H and O–H groups in total. The lowest BCUT2D eigenvalue weighted by Gasteiger charge is -2.32. The zero-order valence-electron chi connectivity index (χ0n) is 7.12. The standard InChI is InChI=1S/C8H6BrF3O3/c9-7(8(10,11)12)3-4(13)1-2-5(7)6(14)15/h1-3,5,13H,(H,14,15). The molecule has 0 bridgehead atoms. The van der Waals surface area contributed by atoms with Gasteiger partial charge in [-0.05, 0) is 12.2 Å². The molecule has 2 atom stereocenters. The van der Waals surface area contributed by atoms with Crippen LogP contribution in [-0.4, -0.2) is 26.7 Å². The number of carboxylic acid groups (broad SMARTS) is 1. The minimum absolute atomic E-state index is 0.436. The quantitative estimate of drug-likeness (QED) is 0.728. The van der Waals surface area contributed by atoms with Gasteiger partial charge in [-0.2, -0.15) is 13.2 Å². The first-order chi connectivity index (χ1) is 6.68. The largest absolute Gasteiger partial charge is 0.508 e. The van der Waals surface area contributed by atoms with Gasteiger partial charge >= 0.3 is 12.1 Å². The molecule has 0 radical (unpaired) electrons. The predicted molar refractivity (Wildman–Crippen MR) is 48.7 cm³/mol. The fourth-order valence-corrected chi connectivity index (χ4v) is 1.79. The van der Waals surface area contributed by atoms with E-state index in [0.717, 1.165) is 12.2 Å². The Morgan fingerprint density at radius 2 is 2.07 bits per heavy atom. The lowest BCUT2D eigenvalue weighted by atomic mass is 9.87. The first kappa shape index (κ1) is 12.1. The van der Waals surface area contributed by atoms with E-state index in [-0.39, 0.29) is 0 Å². The van der Waals surface area contributed by atoms with Crippen LogP contribution in [0.15, 0.2) is 24.0 Å². The summed E-state index contributed by atoms with van der Waals surface area (Å²) in [6.45, 7) is 0. The fraction of sp³-hybridized carbons (Fsp3) is 0.375. The van der Waals surface area contributed by atoms with Gasteiger partial charge in [-0.1, -0.05) is 22.0 Å². The molecule has 0 amide bonds. The number of carboxylic acids is 1. The number of hydrogen-bond donors (Lipinski definition) is 2. The fourth-order valence-electron chi connectivity index (χ4n) is 1.21. The number of aliphatic carboxylic acids is 1. The van der Waals surface area contributed by atoms with Gasteiger partial charge < -0.3 is 10.2 Å². The van der Waals surface area contributed by atoms with Gasteiger partial charge in [0.25, 0.3) is 0 Å². The first-order valence-electron chi connectivity index (χ1n) is 3.77. The molecule has 0 aliphatic heterocycles. The molecule has 15 heavy (non-hydrogen) atoms. The molecule has 7 heteroatoms. The molecular weight excluding hydrogens is 281 g/mol. The van der Waals surface area contributed by atoms with Crippen molar-refractivity contribution < 1.29 is 28.2 Å². The molecule has 1 aliphatic rings. The highest BCUT2D eigenvalue weighted by Gasteiger charge is 2.59. The second-order valence-electron chi connectivity index (χ2n) is 3.01. The SMILES string of the molecule is O=C(O)C1C=CC(O)=CC1(Br)C(F)(F)F. The van der Waals surface area contributed by atoms with Gasteiger partial charge in [0.2, 0.25) is 0 Å². The van der Waals surface area contributed by atoms with Crippen LogP contribution < -0.4 is 0 Å². The third-order valence-corrected chi connectivity index (χ3v) is 3.14. The van der Waals surface area contributed by atoms with Crippen LogP contribution in [0.1, 0.15) is 0 Å². The highest BCUT2D eigenvalue weighted by molar-refractivity contribution is 9.10. The van der Waals surface area contributed by atoms with Gasteiger partial charge in [-0.25, -0.2) is 0 Å². The van der Waals surface area contributed by atoms with Crippen LogP contribution in [0.25, 0.3) is 0 Å². The molecule has 0 aromatic heterocycles. The Labute approximate surface area is 91.0 Å². The highest BCUT2D eigenvalue weighted by Crippen LogP contribution is 2.47. The number of aliphatic hydroxyl groups excluding tert-OH is 1. The van der Waals surface area contributed by atoms with E-state index in [1.165, 1.54) is 0 Å². The Morgan fingerprint density at radius 1 is 1.53 bits per heavy atom. The minimum atomic E-state index is -4.81. The monoisotopic (exact) mass is 286 g/mol. The Bertz CT molecular complexity index is 348. The lowest BCUT2D eigenvalue weighted by molar-refractivity contribution is -0.168. The van der Waals surface area contributed by atoms with E-state index >= 15 is 0 Å². The molecule has 0 aromatic carbocycles. The topological polar surface area (TPSA) is 57.5 Å². The first-order valence-corrected chi connectivity index (χ1v) is 4.56. The Morgan fingerprint density at radius 3 is 2.47 bits per heavy atom. The summed E-state index contributed by atoms with van der Waals surface area (Å²) in [4.78, 5) is 10.6. The Hall–Kier alpha value is -0.980. The summed E-state index contributed by atoms with van der Waals surface area (Å²) in [5.74, 6) is -4.04. The summed E-state index contributed by atoms with van der Waals surface area (Å²) >= 11 is 2.33. The van der Waals surface area contributed by atoms with Crippen LogP contribution in [0.2, 0.25) is 0 Å². The average Bonchev–Trinajstić information content (AvgIpc) is 2.00. The molecule has 0 spiro atoms. The number of aliphatic hydroxyl groups is 1. The molecule has 84 valence electrons. The van der Waals surface area contributed by atoms with E-state index < -0.39 is 28.1 Å². The normalized spacial score (nSPS) is 31.2. The van der Waals surface area contributed by atoms with Crippen LogP contribution >= 0.6 is 15.9 Å². The van der Waals surface area contributed by atoms with Crippen LogP contribution in [0.3, 0.4) is 0 Å². The number of halogens is 4. The minimum Gasteiger partial charge on any atom is -0.508 e. The molecule has 2 unspecified atom stereocenters. The predicted octanol–water partition coefficient (Wildman–Crippen LogP) is 2.39. The van der Waals surface area contributed by atoms with E-state index in [9.17, 15) is 18.0 Å². The summed E-state index contributed by atoms with van der Waals surface area (Å²) in [7, 11) is 0. The molecule has 0 aromatic rings. The molecule has 3 nitrogen and oxygen atoms in total. The Balaban J connectivity index is 3.23. The summed E-state index contributed by atoms with van der Waals surface area (Å²) in [6, 6.07) is 0. The van der Waals surface area contributed by atoms with Crippen molar-refractivity contribution in [2.24, 2.45) is 5.92 Å². The van der Waals surface area contributed by atoms with Crippen molar-refractivity contribution in [3.63, 3.8) is 0 Å². The Kier molecular flexibility index (Phi) is 2.86. The zero-order chi connectivity index (χ0) is 11.9. The maximum absolute atomic E-state index is 12.6. The van der Waals surface area contributed by atoms with E-state index in [4.69, 9.17) is 10.2 Å². The lowest BCUT2D eigenvalue weighted by Crippen LogP contribution is -2.48. The van der Waals surface area contributed by atoms with Gasteiger partial charge in [0.15, 0.2) is 4.32 Å². The summed E-state index contributed by atoms with van der Waals surface area (Å²) in [6.07, 6.45) is -2.66. The van der Waals surface area contributed by atoms with Gasteiger partial charge in [-0.15, -0.1) is 0 Å². The molecule has 0 fully saturated rings. The number of rotatable bonds is 1. The molecule has 1 rings (SSSR count). The van der Waals surface area contributed by atoms with Crippen molar-refractivity contribution in [2.75, 3.05) is 0 Å². The molecule has 0 heterocycles. The van der Waals surface area contributed by atoms with Gasteiger partial charge in [0.05, 0.1) is 0 Å². The van der Waals surface area contributed by atoms with Crippen molar-refractivity contribution in [1.82, 2.24) is 0 Å². The summed E-state index contributed by atoms with van der Waals surface area (Å²) in [5.41, 5.74) is 0. The van der Waals surface area contributed by atoms with E-state index in [1.54, 1.807) is 0 Å². The highest BCUT2D eigenvalue weighted by atomic mass is 79.9. The van der Waals surface area contributed by atoms with Crippen molar-refractivity contribution in [2.45, 2.75) is 10.5 Å². The van der Waals surface area contributed by atoms with Crippen LogP contribution in [0, 0.1) is 5.92 Å². The number of alkyl halides is 4. The van der Waals surface area contributed by atoms with Crippen molar-refractivity contribution in [1.29, 1.82) is 0 Å². The van der Waals surface area contributed by atoms with E-state index in [1.807, 2.05) is 0 Å². The third-order valence-electron chi connectivity index (χ3n) is 1.97. The van der Waals surface area contributed by atoms with Gasteiger partial charge in [0.1, 0.15) is 11.7 Å². The third kappa shape index (κ3) is 2.01. The van der Waals surface area contributed by atoms with Crippen LogP contribution in [0.4, 0.5) is 13.2 Å². The van der Waals surface area contributed by atoms with Crippen molar-refractivity contribution >= 4 is 21.9 Å². The molecule has 1 aliphatic carbocycles.